The molecule has 6 nitrogen and oxygen atoms in total. The average Bonchev–Trinajstić information content (AvgIpc) is 3.33. The third-order valence-electron chi connectivity index (χ3n) is 5.44. The number of nitrogens with two attached hydrogens (primary N) is 1. The summed E-state index contributed by atoms with van der Waals surface area (Å²) in [5.74, 6) is -0.595. The molecular weight excluding hydrogens is 342 g/mol. The van der Waals surface area contributed by atoms with Crippen LogP contribution in [0.25, 0.3) is 10.9 Å². The van der Waals surface area contributed by atoms with Gasteiger partial charge in [-0.2, -0.15) is 0 Å². The Kier molecular flexibility index (Phi) is 4.03. The van der Waals surface area contributed by atoms with Crippen LogP contribution in [0.1, 0.15) is 32.7 Å². The minimum Gasteiger partial charge on any atom is -0.369 e. The standard InChI is InChI=1S/C21H19N3O3/c22-20(27)21(16-4-2-1-3-5-16)8-9-24(13-21)19(26)14-6-7-18-17(10-14)15(12-25)11-23-18/h1-7,10-12,23H,8-9,13H2,(H2,22,27). The van der Waals surface area contributed by atoms with Crippen molar-refractivity contribution in [3.63, 3.8) is 0 Å². The van der Waals surface area contributed by atoms with E-state index in [1.54, 1.807) is 29.3 Å². The Bertz CT molecular complexity index is 1040. The van der Waals surface area contributed by atoms with Crippen LogP contribution in [-0.4, -0.2) is 41.1 Å². The molecule has 1 aromatic heterocycles. The molecule has 3 N–H and O–H groups in total. The smallest absolute Gasteiger partial charge is 0.253 e. The molecule has 0 spiro atoms. The monoisotopic (exact) mass is 361 g/mol. The van der Waals surface area contributed by atoms with Gasteiger partial charge in [0.05, 0.1) is 5.41 Å². The minimum absolute atomic E-state index is 0.172. The topological polar surface area (TPSA) is 96.3 Å². The van der Waals surface area contributed by atoms with Crippen LogP contribution in [-0.2, 0) is 10.2 Å². The Hall–Kier alpha value is -3.41. The number of carbonyl (C=O) groups is 3. The van der Waals surface area contributed by atoms with Gasteiger partial charge in [0, 0.05) is 41.3 Å². The van der Waals surface area contributed by atoms with Crippen LogP contribution in [0.3, 0.4) is 0 Å². The molecule has 0 bridgehead atoms. The van der Waals surface area contributed by atoms with Crippen LogP contribution in [0, 0.1) is 0 Å². The van der Waals surface area contributed by atoms with E-state index < -0.39 is 11.3 Å². The van der Waals surface area contributed by atoms with Gasteiger partial charge in [0.2, 0.25) is 5.91 Å². The van der Waals surface area contributed by atoms with Gasteiger partial charge in [-0.15, -0.1) is 0 Å². The predicted octanol–water partition coefficient (Wildman–Crippen LogP) is 2.25. The third-order valence-corrected chi connectivity index (χ3v) is 5.44. The van der Waals surface area contributed by atoms with Gasteiger partial charge in [-0.25, -0.2) is 0 Å². The van der Waals surface area contributed by atoms with Crippen molar-refractivity contribution in [1.82, 2.24) is 9.88 Å². The van der Waals surface area contributed by atoms with Crippen molar-refractivity contribution in [1.29, 1.82) is 0 Å². The van der Waals surface area contributed by atoms with Crippen molar-refractivity contribution in [2.75, 3.05) is 13.1 Å². The summed E-state index contributed by atoms with van der Waals surface area (Å²) in [5, 5.41) is 0.708. The average molecular weight is 361 g/mol. The third kappa shape index (κ3) is 2.70. The van der Waals surface area contributed by atoms with Gasteiger partial charge < -0.3 is 15.6 Å². The Morgan fingerprint density at radius 1 is 1.15 bits per heavy atom. The summed E-state index contributed by atoms with van der Waals surface area (Å²) in [6.07, 6.45) is 2.87. The highest BCUT2D eigenvalue weighted by Gasteiger charge is 2.46. The van der Waals surface area contributed by atoms with E-state index in [9.17, 15) is 14.4 Å². The Labute approximate surface area is 156 Å². The maximum Gasteiger partial charge on any atom is 0.253 e. The van der Waals surface area contributed by atoms with Crippen LogP contribution in [0.5, 0.6) is 0 Å². The first-order valence-electron chi connectivity index (χ1n) is 8.76. The van der Waals surface area contributed by atoms with Gasteiger partial charge in [-0.05, 0) is 30.2 Å². The number of aldehydes is 1. The number of carbonyl (C=O) groups excluding carboxylic acids is 3. The number of aromatic amines is 1. The number of amides is 2. The second-order valence-corrected chi connectivity index (χ2v) is 6.91. The maximum absolute atomic E-state index is 13.0. The lowest BCUT2D eigenvalue weighted by Crippen LogP contribution is -2.44. The van der Waals surface area contributed by atoms with Crippen molar-refractivity contribution in [2.24, 2.45) is 5.73 Å². The highest BCUT2D eigenvalue weighted by atomic mass is 16.2. The molecule has 1 unspecified atom stereocenters. The number of hydrogen-bond acceptors (Lipinski definition) is 3. The lowest BCUT2D eigenvalue weighted by molar-refractivity contribution is -0.123. The van der Waals surface area contributed by atoms with E-state index in [1.807, 2.05) is 30.3 Å². The summed E-state index contributed by atoms with van der Waals surface area (Å²) in [6, 6.07) is 14.6. The number of hydrogen-bond donors (Lipinski definition) is 2. The second-order valence-electron chi connectivity index (χ2n) is 6.91. The number of fused-ring (bicyclic) bond motifs is 1. The molecule has 0 radical (unpaired) electrons. The number of H-pyrrole nitrogens is 1. The molecule has 0 saturated carbocycles. The van der Waals surface area contributed by atoms with Crippen LogP contribution in [0.4, 0.5) is 0 Å². The van der Waals surface area contributed by atoms with Gasteiger partial charge in [0.15, 0.2) is 6.29 Å². The highest BCUT2D eigenvalue weighted by Crippen LogP contribution is 2.35. The highest BCUT2D eigenvalue weighted by molar-refractivity contribution is 6.03. The number of primary amides is 1. The van der Waals surface area contributed by atoms with Gasteiger partial charge >= 0.3 is 0 Å². The molecular formula is C21H19N3O3. The maximum atomic E-state index is 13.0. The van der Waals surface area contributed by atoms with E-state index >= 15 is 0 Å². The Balaban J connectivity index is 1.66. The van der Waals surface area contributed by atoms with Crippen molar-refractivity contribution < 1.29 is 14.4 Å². The summed E-state index contributed by atoms with van der Waals surface area (Å²) in [7, 11) is 0. The first kappa shape index (κ1) is 17.0. The van der Waals surface area contributed by atoms with Crippen LogP contribution in [0.2, 0.25) is 0 Å². The van der Waals surface area contributed by atoms with Crippen LogP contribution in [0.15, 0.2) is 54.7 Å². The van der Waals surface area contributed by atoms with E-state index in [2.05, 4.69) is 4.98 Å². The number of rotatable bonds is 4. The van der Waals surface area contributed by atoms with Gasteiger partial charge in [0.25, 0.3) is 5.91 Å². The number of nitrogens with zero attached hydrogens (tertiary/aromatic N) is 1. The number of aromatic nitrogens is 1. The fourth-order valence-corrected chi connectivity index (χ4v) is 3.87. The minimum atomic E-state index is -0.872. The van der Waals surface area contributed by atoms with E-state index in [0.29, 0.717) is 29.5 Å². The van der Waals surface area contributed by atoms with Crippen molar-refractivity contribution in [3.05, 3.63) is 71.4 Å². The normalized spacial score (nSPS) is 19.3. The van der Waals surface area contributed by atoms with Crippen molar-refractivity contribution in [3.8, 4) is 0 Å². The van der Waals surface area contributed by atoms with Crippen molar-refractivity contribution in [2.45, 2.75) is 11.8 Å². The molecule has 1 atom stereocenters. The zero-order chi connectivity index (χ0) is 19.0. The lowest BCUT2D eigenvalue weighted by atomic mass is 9.79. The summed E-state index contributed by atoms with van der Waals surface area (Å²) in [5.41, 5.74) is 7.50. The molecule has 2 amide bonds. The molecule has 1 saturated heterocycles. The molecule has 1 fully saturated rings. The van der Waals surface area contributed by atoms with Crippen LogP contribution < -0.4 is 5.73 Å². The Morgan fingerprint density at radius 2 is 1.93 bits per heavy atom. The molecule has 2 aromatic carbocycles. The number of likely N-dealkylation sites (tertiary alicyclic amines) is 1. The zero-order valence-corrected chi connectivity index (χ0v) is 14.6. The molecule has 0 aliphatic carbocycles. The number of nitrogens with one attached hydrogen (secondary N) is 1. The first-order chi connectivity index (χ1) is 13.0. The van der Waals surface area contributed by atoms with E-state index in [0.717, 1.165) is 17.4 Å². The zero-order valence-electron chi connectivity index (χ0n) is 14.6. The molecule has 2 heterocycles. The SMILES string of the molecule is NC(=O)C1(c2ccccc2)CCN(C(=O)c2ccc3[nH]cc(C=O)c3c2)C1. The molecule has 3 aromatic rings. The molecule has 136 valence electrons. The quantitative estimate of drug-likeness (QED) is 0.698. The Morgan fingerprint density at radius 3 is 2.63 bits per heavy atom. The molecule has 6 heteroatoms. The van der Waals surface area contributed by atoms with Gasteiger partial charge in [-0.3, -0.25) is 14.4 Å². The van der Waals surface area contributed by atoms with Gasteiger partial charge in [-0.1, -0.05) is 30.3 Å². The van der Waals surface area contributed by atoms with Gasteiger partial charge in [0.1, 0.15) is 0 Å². The fraction of sp³-hybridized carbons (Fsp3) is 0.190. The largest absolute Gasteiger partial charge is 0.369 e. The fourth-order valence-electron chi connectivity index (χ4n) is 3.87. The van der Waals surface area contributed by atoms with E-state index in [-0.39, 0.29) is 12.5 Å². The number of benzene rings is 2. The summed E-state index contributed by atoms with van der Waals surface area (Å²) < 4.78 is 0. The molecule has 1 aliphatic rings. The summed E-state index contributed by atoms with van der Waals surface area (Å²) >= 11 is 0. The summed E-state index contributed by atoms with van der Waals surface area (Å²) in [4.78, 5) is 41.2. The molecule has 1 aliphatic heterocycles. The van der Waals surface area contributed by atoms with Crippen LogP contribution >= 0.6 is 0 Å². The van der Waals surface area contributed by atoms with E-state index in [1.165, 1.54) is 0 Å². The molecule has 4 rings (SSSR count). The predicted molar refractivity (Wildman–Crippen MR) is 102 cm³/mol. The van der Waals surface area contributed by atoms with E-state index in [4.69, 9.17) is 5.73 Å². The van der Waals surface area contributed by atoms with Crippen molar-refractivity contribution >= 4 is 29.0 Å². The molecule has 27 heavy (non-hydrogen) atoms. The first-order valence-corrected chi connectivity index (χ1v) is 8.76. The second kappa shape index (κ2) is 6.39. The summed E-state index contributed by atoms with van der Waals surface area (Å²) in [6.45, 7) is 0.694. The lowest BCUT2D eigenvalue weighted by Gasteiger charge is -2.26.